The minimum absolute atomic E-state index is 0.145. The van der Waals surface area contributed by atoms with Crippen LogP contribution < -0.4 is 0 Å². The van der Waals surface area contributed by atoms with Crippen molar-refractivity contribution in [1.82, 2.24) is 10.2 Å². The van der Waals surface area contributed by atoms with Crippen molar-refractivity contribution in [2.45, 2.75) is 33.3 Å². The van der Waals surface area contributed by atoms with E-state index in [0.717, 1.165) is 22.9 Å². The molecule has 1 aromatic carbocycles. The van der Waals surface area contributed by atoms with E-state index in [9.17, 15) is 14.9 Å². The third kappa shape index (κ3) is 4.92. The first-order valence-electron chi connectivity index (χ1n) is 7.06. The van der Waals surface area contributed by atoms with E-state index in [2.05, 4.69) is 17.1 Å². The van der Waals surface area contributed by atoms with E-state index in [4.69, 9.17) is 4.74 Å². The number of carbonyl (C=O) groups excluding carboxylic acids is 1. The number of aromatic nitrogens is 2. The van der Waals surface area contributed by atoms with Crippen molar-refractivity contribution >= 4 is 46.5 Å². The van der Waals surface area contributed by atoms with E-state index >= 15 is 0 Å². The van der Waals surface area contributed by atoms with Gasteiger partial charge in [-0.1, -0.05) is 48.2 Å². The van der Waals surface area contributed by atoms with Gasteiger partial charge in [0.25, 0.3) is 5.69 Å². The summed E-state index contributed by atoms with van der Waals surface area (Å²) in [7, 11) is 1.24. The number of thioether (sulfide) groups is 1. The molecule has 0 saturated heterocycles. The second kappa shape index (κ2) is 9.00. The lowest BCUT2D eigenvalue weighted by atomic mass is 10.2. The van der Waals surface area contributed by atoms with Crippen LogP contribution in [0.15, 0.2) is 31.8 Å². The number of nitro benzene ring substituents is 1. The average molecular weight is 385 g/mol. The van der Waals surface area contributed by atoms with E-state index in [1.165, 1.54) is 48.4 Å². The van der Waals surface area contributed by atoms with Crippen molar-refractivity contribution in [3.05, 3.63) is 33.9 Å². The second-order valence-electron chi connectivity index (χ2n) is 4.57. The van der Waals surface area contributed by atoms with Crippen molar-refractivity contribution in [2.24, 2.45) is 0 Å². The Balaban J connectivity index is 2.19. The quantitative estimate of drug-likeness (QED) is 0.218. The van der Waals surface area contributed by atoms with Gasteiger partial charge in [-0.2, -0.15) is 0 Å². The molecule has 0 radical (unpaired) electrons. The number of non-ortho nitro benzene ring substituents is 1. The number of unbranched alkanes of at least 4 members (excludes halogenated alkanes) is 1. The summed E-state index contributed by atoms with van der Waals surface area (Å²) in [4.78, 5) is 22.8. The van der Waals surface area contributed by atoms with Crippen LogP contribution in [0.2, 0.25) is 0 Å². The summed E-state index contributed by atoms with van der Waals surface area (Å²) in [6, 6.07) is 4.10. The Bertz CT molecular complexity index is 736. The first-order chi connectivity index (χ1) is 11.5. The fraction of sp³-hybridized carbons (Fsp3) is 0.357. The first kappa shape index (κ1) is 18.7. The van der Waals surface area contributed by atoms with Crippen molar-refractivity contribution in [3.63, 3.8) is 0 Å². The van der Waals surface area contributed by atoms with Crippen molar-refractivity contribution in [1.29, 1.82) is 0 Å². The van der Waals surface area contributed by atoms with Crippen LogP contribution in [0.4, 0.5) is 5.69 Å². The van der Waals surface area contributed by atoms with Gasteiger partial charge in [0.2, 0.25) is 0 Å². The summed E-state index contributed by atoms with van der Waals surface area (Å²) in [5.41, 5.74) is -0.0140. The number of nitrogens with zero attached hydrogens (tertiary/aromatic N) is 3. The van der Waals surface area contributed by atoms with Crippen LogP contribution in [0.3, 0.4) is 0 Å². The van der Waals surface area contributed by atoms with Gasteiger partial charge in [-0.25, -0.2) is 4.79 Å². The lowest BCUT2D eigenvalue weighted by Gasteiger charge is -2.05. The highest BCUT2D eigenvalue weighted by atomic mass is 32.2. The molecule has 0 N–H and O–H groups in total. The molecule has 0 aliphatic carbocycles. The van der Waals surface area contributed by atoms with Gasteiger partial charge in [0.15, 0.2) is 8.68 Å². The van der Waals surface area contributed by atoms with Crippen molar-refractivity contribution in [2.75, 3.05) is 12.9 Å². The number of esters is 1. The minimum atomic E-state index is -0.622. The van der Waals surface area contributed by atoms with E-state index in [0.29, 0.717) is 9.24 Å². The van der Waals surface area contributed by atoms with E-state index in [1.807, 2.05) is 0 Å². The Kier molecular flexibility index (Phi) is 7.00. The molecule has 10 heteroatoms. The predicted molar refractivity (Wildman–Crippen MR) is 94.1 cm³/mol. The summed E-state index contributed by atoms with van der Waals surface area (Å²) >= 11 is 4.33. The molecule has 7 nitrogen and oxygen atoms in total. The molecular weight excluding hydrogens is 370 g/mol. The van der Waals surface area contributed by atoms with Gasteiger partial charge in [0.05, 0.1) is 17.6 Å². The number of methoxy groups -OCH3 is 1. The number of ether oxygens (including phenoxy) is 1. The van der Waals surface area contributed by atoms with Gasteiger partial charge in [0.1, 0.15) is 0 Å². The highest BCUT2D eigenvalue weighted by Gasteiger charge is 2.19. The Labute approximate surface area is 151 Å². The van der Waals surface area contributed by atoms with Gasteiger partial charge in [-0.3, -0.25) is 10.1 Å². The molecule has 0 spiro atoms. The maximum Gasteiger partial charge on any atom is 0.339 e. The van der Waals surface area contributed by atoms with Gasteiger partial charge < -0.3 is 4.74 Å². The third-order valence-electron chi connectivity index (χ3n) is 2.89. The van der Waals surface area contributed by atoms with Crippen LogP contribution in [-0.2, 0) is 4.74 Å². The summed E-state index contributed by atoms with van der Waals surface area (Å²) in [5.74, 6) is 0.365. The van der Waals surface area contributed by atoms with Crippen LogP contribution >= 0.6 is 34.9 Å². The lowest BCUT2D eigenvalue weighted by Crippen LogP contribution is -2.04. The number of benzene rings is 1. The first-order valence-corrected chi connectivity index (χ1v) is 9.68. The zero-order valence-corrected chi connectivity index (χ0v) is 15.5. The van der Waals surface area contributed by atoms with E-state index < -0.39 is 10.9 Å². The minimum Gasteiger partial charge on any atom is -0.465 e. The molecule has 2 rings (SSSR count). The SMILES string of the molecule is CCCCSc1nnc(Sc2ccc([N+](=O)[O-])cc2C(=O)OC)s1. The molecule has 0 bridgehead atoms. The highest BCUT2D eigenvalue weighted by Crippen LogP contribution is 2.36. The molecule has 1 heterocycles. The predicted octanol–water partition coefficient (Wildman–Crippen LogP) is 4.28. The molecule has 0 aliphatic heterocycles. The summed E-state index contributed by atoms with van der Waals surface area (Å²) < 4.78 is 6.25. The Morgan fingerprint density at radius 2 is 2.12 bits per heavy atom. The van der Waals surface area contributed by atoms with Gasteiger partial charge >= 0.3 is 5.97 Å². The molecule has 0 saturated carbocycles. The lowest BCUT2D eigenvalue weighted by molar-refractivity contribution is -0.384. The normalized spacial score (nSPS) is 10.6. The van der Waals surface area contributed by atoms with Gasteiger partial charge in [-0.15, -0.1) is 10.2 Å². The summed E-state index contributed by atoms with van der Waals surface area (Å²) in [6.07, 6.45) is 2.24. The Morgan fingerprint density at radius 3 is 2.79 bits per heavy atom. The van der Waals surface area contributed by atoms with Gasteiger partial charge in [0, 0.05) is 22.8 Å². The zero-order valence-electron chi connectivity index (χ0n) is 13.1. The standard InChI is InChI=1S/C14H15N3O4S3/c1-3-4-7-22-13-15-16-14(24-13)23-11-6-5-9(17(19)20)8-10(11)12(18)21-2/h5-6,8H,3-4,7H2,1-2H3. The molecular formula is C14H15N3O4S3. The molecule has 0 unspecified atom stereocenters. The molecule has 128 valence electrons. The molecule has 0 aliphatic rings. The molecule has 2 aromatic rings. The number of carbonyl (C=O) groups is 1. The van der Waals surface area contributed by atoms with Crippen LogP contribution in [0.1, 0.15) is 30.1 Å². The smallest absolute Gasteiger partial charge is 0.339 e. The Morgan fingerprint density at radius 1 is 1.38 bits per heavy atom. The van der Waals surface area contributed by atoms with Gasteiger partial charge in [-0.05, 0) is 12.5 Å². The van der Waals surface area contributed by atoms with Crippen LogP contribution in [0, 0.1) is 10.1 Å². The fourth-order valence-electron chi connectivity index (χ4n) is 1.68. The summed E-state index contributed by atoms with van der Waals surface area (Å²) in [5, 5.41) is 19.1. The second-order valence-corrected chi connectivity index (χ2v) is 8.18. The number of hydrogen-bond donors (Lipinski definition) is 0. The van der Waals surface area contributed by atoms with E-state index in [1.54, 1.807) is 11.8 Å². The van der Waals surface area contributed by atoms with Crippen LogP contribution in [0.25, 0.3) is 0 Å². The highest BCUT2D eigenvalue weighted by molar-refractivity contribution is 8.03. The molecule has 0 fully saturated rings. The molecule has 0 atom stereocenters. The maximum absolute atomic E-state index is 11.9. The number of hydrogen-bond acceptors (Lipinski definition) is 9. The largest absolute Gasteiger partial charge is 0.465 e. The number of rotatable bonds is 8. The van der Waals surface area contributed by atoms with Crippen LogP contribution in [-0.4, -0.2) is 34.0 Å². The summed E-state index contributed by atoms with van der Waals surface area (Å²) in [6.45, 7) is 2.13. The van der Waals surface area contributed by atoms with Crippen molar-refractivity contribution in [3.8, 4) is 0 Å². The fourth-order valence-corrected chi connectivity index (χ4v) is 4.92. The van der Waals surface area contributed by atoms with Crippen LogP contribution in [0.5, 0.6) is 0 Å². The van der Waals surface area contributed by atoms with Crippen molar-refractivity contribution < 1.29 is 14.5 Å². The zero-order chi connectivity index (χ0) is 17.5. The topological polar surface area (TPSA) is 95.2 Å². The molecule has 1 aromatic heterocycles. The van der Waals surface area contributed by atoms with E-state index in [-0.39, 0.29) is 11.3 Å². The molecule has 0 amide bonds. The number of nitro groups is 1. The Hall–Kier alpha value is -1.65. The monoisotopic (exact) mass is 385 g/mol. The maximum atomic E-state index is 11.9. The third-order valence-corrected chi connectivity index (χ3v) is 6.16. The average Bonchev–Trinajstić information content (AvgIpc) is 3.02. The molecule has 24 heavy (non-hydrogen) atoms.